The molecule has 0 heterocycles. The zero-order chi connectivity index (χ0) is 12.1. The fraction of sp³-hybridized carbons (Fsp3) is 0.571. The molecule has 3 heteroatoms. The zero-order valence-corrected chi connectivity index (χ0v) is 11.4. The van der Waals surface area contributed by atoms with E-state index in [9.17, 15) is 0 Å². The fourth-order valence-electron chi connectivity index (χ4n) is 1.75. The van der Waals surface area contributed by atoms with Gasteiger partial charge in [-0.1, -0.05) is 69.4 Å². The van der Waals surface area contributed by atoms with E-state index in [-0.39, 0.29) is 12.4 Å². The van der Waals surface area contributed by atoms with Crippen LogP contribution in [0.1, 0.15) is 51.0 Å². The SMILES string of the molecule is CCCCCCCCc1ccccc1.N#[NH+].[Cl-]. The molecule has 0 amide bonds. The Labute approximate surface area is 111 Å². The van der Waals surface area contributed by atoms with E-state index >= 15 is 0 Å². The molecular weight excluding hydrogens is 232 g/mol. The van der Waals surface area contributed by atoms with Crippen molar-refractivity contribution in [2.75, 3.05) is 0 Å². The molecule has 96 valence electrons. The van der Waals surface area contributed by atoms with Gasteiger partial charge in [-0.3, -0.25) is 0 Å². The van der Waals surface area contributed by atoms with Crippen LogP contribution in [0.4, 0.5) is 0 Å². The molecule has 0 radical (unpaired) electrons. The largest absolute Gasteiger partial charge is 1.00 e. The van der Waals surface area contributed by atoms with Crippen LogP contribution in [-0.4, -0.2) is 0 Å². The number of diazo groups is 1. The van der Waals surface area contributed by atoms with Crippen LogP contribution in [0.5, 0.6) is 0 Å². The number of hydrogen-bond donors (Lipinski definition) is 1. The molecule has 17 heavy (non-hydrogen) atoms. The van der Waals surface area contributed by atoms with Crippen LogP contribution in [0.2, 0.25) is 0 Å². The monoisotopic (exact) mass is 254 g/mol. The number of nitrogens with zero attached hydrogens (tertiary/aromatic N) is 1. The second kappa shape index (κ2) is 14.9. The van der Waals surface area contributed by atoms with Gasteiger partial charge in [0.15, 0.2) is 0 Å². The van der Waals surface area contributed by atoms with Crippen LogP contribution in [-0.2, 0) is 6.42 Å². The van der Waals surface area contributed by atoms with E-state index in [1.807, 2.05) is 0 Å². The first kappa shape index (κ1) is 18.3. The molecule has 1 aromatic carbocycles. The summed E-state index contributed by atoms with van der Waals surface area (Å²) in [6.45, 7) is 2.27. The van der Waals surface area contributed by atoms with E-state index in [0.717, 1.165) is 0 Å². The summed E-state index contributed by atoms with van der Waals surface area (Å²) in [7, 11) is 0. The van der Waals surface area contributed by atoms with E-state index in [2.05, 4.69) is 37.3 Å². The van der Waals surface area contributed by atoms with Crippen molar-refractivity contribution >= 4 is 0 Å². The average Bonchev–Trinajstić information content (AvgIpc) is 2.37. The highest BCUT2D eigenvalue weighted by Gasteiger charge is 1.92. The van der Waals surface area contributed by atoms with Gasteiger partial charge in [0.05, 0.1) is 5.39 Å². The maximum atomic E-state index is 6.25. The van der Waals surface area contributed by atoms with Gasteiger partial charge in [0.25, 0.3) is 0 Å². The highest BCUT2D eigenvalue weighted by molar-refractivity contribution is 5.14. The quantitative estimate of drug-likeness (QED) is 0.535. The Morgan fingerprint density at radius 1 is 0.882 bits per heavy atom. The minimum absolute atomic E-state index is 0. The predicted molar refractivity (Wildman–Crippen MR) is 66.2 cm³/mol. The molecular formula is C14H23ClN2. The number of aryl methyl sites for hydroxylation is 1. The smallest absolute Gasteiger partial charge is 0.212 e. The molecule has 0 aliphatic carbocycles. The van der Waals surface area contributed by atoms with Gasteiger partial charge >= 0.3 is 0 Å². The molecule has 0 spiro atoms. The Morgan fingerprint density at radius 3 is 2.00 bits per heavy atom. The number of halogens is 1. The third-order valence-electron chi connectivity index (χ3n) is 2.66. The summed E-state index contributed by atoms with van der Waals surface area (Å²) < 4.78 is 0. The molecule has 0 saturated heterocycles. The van der Waals surface area contributed by atoms with Crippen LogP contribution in [0, 0.1) is 5.39 Å². The summed E-state index contributed by atoms with van der Waals surface area (Å²) in [6.07, 6.45) is 9.60. The molecule has 0 aliphatic rings. The summed E-state index contributed by atoms with van der Waals surface area (Å²) >= 11 is 0. The van der Waals surface area contributed by atoms with Gasteiger partial charge in [-0.2, -0.15) is 0 Å². The Hall–Kier alpha value is -1.07. The number of nitrogens with one attached hydrogen (secondary N) is 1. The molecule has 0 fully saturated rings. The van der Waals surface area contributed by atoms with E-state index in [4.69, 9.17) is 10.8 Å². The molecule has 1 N–H and O–H groups in total. The van der Waals surface area contributed by atoms with Crippen LogP contribution in [0.15, 0.2) is 30.3 Å². The third-order valence-corrected chi connectivity index (χ3v) is 2.66. The van der Waals surface area contributed by atoms with Crippen molar-refractivity contribution in [2.24, 2.45) is 0 Å². The number of benzene rings is 1. The number of hydrogen-bond acceptors (Lipinski definition) is 1. The average molecular weight is 255 g/mol. The minimum atomic E-state index is 0. The molecule has 0 saturated carbocycles. The van der Waals surface area contributed by atoms with E-state index < -0.39 is 0 Å². The number of rotatable bonds is 7. The topological polar surface area (TPSA) is 47.6 Å². The van der Waals surface area contributed by atoms with Crippen LogP contribution in [0.3, 0.4) is 0 Å². The maximum absolute atomic E-state index is 6.25. The Kier molecular flexibility index (Phi) is 16.1. The lowest BCUT2D eigenvalue weighted by Gasteiger charge is -2.01. The van der Waals surface area contributed by atoms with Crippen LogP contribution >= 0.6 is 0 Å². The van der Waals surface area contributed by atoms with Crippen molar-refractivity contribution in [3.8, 4) is 0 Å². The Bertz CT molecular complexity index is 259. The van der Waals surface area contributed by atoms with Crippen molar-refractivity contribution in [2.45, 2.75) is 51.9 Å². The van der Waals surface area contributed by atoms with E-state index in [0.29, 0.717) is 0 Å². The zero-order valence-electron chi connectivity index (χ0n) is 10.7. The lowest BCUT2D eigenvalue weighted by Crippen LogP contribution is -3.00. The summed E-state index contributed by atoms with van der Waals surface area (Å²) in [5, 5.41) is 11.0. The Morgan fingerprint density at radius 2 is 1.41 bits per heavy atom. The second-order valence-corrected chi connectivity index (χ2v) is 4.00. The number of unbranched alkanes of at least 4 members (excludes halogenated alkanes) is 5. The summed E-state index contributed by atoms with van der Waals surface area (Å²) in [5.41, 5.74) is 1.49. The molecule has 0 aliphatic heterocycles. The van der Waals surface area contributed by atoms with Crippen molar-refractivity contribution in [1.29, 1.82) is 5.39 Å². The van der Waals surface area contributed by atoms with Gasteiger partial charge < -0.3 is 12.4 Å². The predicted octanol–water partition coefficient (Wildman–Crippen LogP) is -0.127. The van der Waals surface area contributed by atoms with Crippen molar-refractivity contribution in [3.63, 3.8) is 0 Å². The summed E-state index contributed by atoms with van der Waals surface area (Å²) in [4.78, 5) is 0. The first-order valence-corrected chi connectivity index (χ1v) is 6.19. The second-order valence-electron chi connectivity index (χ2n) is 4.00. The molecule has 0 atom stereocenters. The van der Waals surface area contributed by atoms with Crippen LogP contribution in [0.25, 0.3) is 0 Å². The normalized spacial score (nSPS) is 8.65. The third kappa shape index (κ3) is 11.2. The standard InChI is InChI=1S/C14H22.ClH.N2/c1-2-3-4-5-6-8-11-14-12-9-7-10-13-14;;1-2/h7,9-10,12-13H,2-6,8,11H2,1H3;1H;. The molecule has 2 nitrogen and oxygen atoms in total. The Balaban J connectivity index is 0. The van der Waals surface area contributed by atoms with E-state index in [1.54, 1.807) is 0 Å². The lowest BCUT2D eigenvalue weighted by molar-refractivity contribution is -0.175. The molecule has 0 bridgehead atoms. The van der Waals surface area contributed by atoms with Gasteiger partial charge in [-0.15, -0.1) is 0 Å². The lowest BCUT2D eigenvalue weighted by atomic mass is 10.1. The highest BCUT2D eigenvalue weighted by atomic mass is 35.5. The fourth-order valence-corrected chi connectivity index (χ4v) is 1.75. The van der Waals surface area contributed by atoms with Crippen molar-refractivity contribution in [3.05, 3.63) is 35.9 Å². The molecule has 0 unspecified atom stereocenters. The van der Waals surface area contributed by atoms with Gasteiger partial charge in [0, 0.05) is 0 Å². The van der Waals surface area contributed by atoms with Gasteiger partial charge in [0.1, 0.15) is 0 Å². The van der Waals surface area contributed by atoms with Gasteiger partial charge in [-0.25, -0.2) is 0 Å². The first-order chi connectivity index (χ1) is 7.93. The maximum Gasteiger partial charge on any atom is 0.212 e. The first-order valence-electron chi connectivity index (χ1n) is 6.19. The minimum Gasteiger partial charge on any atom is -1.00 e. The molecule has 0 aromatic heterocycles. The van der Waals surface area contributed by atoms with E-state index in [1.165, 1.54) is 50.5 Å². The van der Waals surface area contributed by atoms with Crippen molar-refractivity contribution in [1.82, 2.24) is 0 Å². The summed E-state index contributed by atoms with van der Waals surface area (Å²) in [5.74, 6) is 0. The highest BCUT2D eigenvalue weighted by Crippen LogP contribution is 2.09. The van der Waals surface area contributed by atoms with Gasteiger partial charge in [-0.05, 0) is 18.4 Å². The van der Waals surface area contributed by atoms with Crippen LogP contribution < -0.4 is 17.8 Å². The van der Waals surface area contributed by atoms with Gasteiger partial charge in [0.2, 0.25) is 5.39 Å². The molecule has 1 aromatic rings. The summed E-state index contributed by atoms with van der Waals surface area (Å²) in [6, 6.07) is 10.8. The van der Waals surface area contributed by atoms with Crippen molar-refractivity contribution < 1.29 is 17.8 Å². The molecule has 1 rings (SSSR count).